The van der Waals surface area contributed by atoms with Gasteiger partial charge in [-0.3, -0.25) is 13.9 Å². The summed E-state index contributed by atoms with van der Waals surface area (Å²) in [6.07, 6.45) is 6.20. The largest absolute Gasteiger partial charge is 0.352 e. The molecular weight excluding hydrogens is 488 g/mol. The second kappa shape index (κ2) is 12.3. The standard InChI is InChI=1S/C26H33F2N3O4S/c1-3-24(26(33)29-22-7-5-4-6-8-22)30(17-19-9-11-20(27)12-10-19)25(32)18-31(36(2,34)35)23-15-13-21(28)14-16-23/h9-16,22,24H,3-8,17-18H2,1-2H3,(H,29,33). The zero-order valence-corrected chi connectivity index (χ0v) is 21.4. The number of sulfonamides is 1. The van der Waals surface area contributed by atoms with E-state index in [9.17, 15) is 26.8 Å². The fraction of sp³-hybridized carbons (Fsp3) is 0.462. The molecule has 1 aliphatic rings. The van der Waals surface area contributed by atoms with Crippen LogP contribution in [0.5, 0.6) is 0 Å². The summed E-state index contributed by atoms with van der Waals surface area (Å²) in [4.78, 5) is 28.2. The summed E-state index contributed by atoms with van der Waals surface area (Å²) in [5, 5.41) is 3.06. The van der Waals surface area contributed by atoms with Gasteiger partial charge >= 0.3 is 0 Å². The maximum atomic E-state index is 13.6. The van der Waals surface area contributed by atoms with E-state index in [0.717, 1.165) is 54.8 Å². The van der Waals surface area contributed by atoms with E-state index in [4.69, 9.17) is 0 Å². The molecule has 1 aliphatic carbocycles. The van der Waals surface area contributed by atoms with Crippen molar-refractivity contribution in [2.45, 2.75) is 64.1 Å². The second-order valence-corrected chi connectivity index (χ2v) is 11.1. The van der Waals surface area contributed by atoms with Crippen LogP contribution in [-0.4, -0.2) is 50.0 Å². The third-order valence-corrected chi connectivity index (χ3v) is 7.54. The SMILES string of the molecule is CCC(C(=O)NC1CCCCC1)N(Cc1ccc(F)cc1)C(=O)CN(c1ccc(F)cc1)S(C)(=O)=O. The minimum Gasteiger partial charge on any atom is -0.352 e. The molecule has 1 unspecified atom stereocenters. The minimum absolute atomic E-state index is 0.00325. The van der Waals surface area contributed by atoms with Crippen molar-refractivity contribution in [3.05, 3.63) is 65.7 Å². The third-order valence-electron chi connectivity index (χ3n) is 6.40. The fourth-order valence-electron chi connectivity index (χ4n) is 4.47. The van der Waals surface area contributed by atoms with Crippen molar-refractivity contribution >= 4 is 27.5 Å². The average Bonchev–Trinajstić information content (AvgIpc) is 2.84. The monoisotopic (exact) mass is 521 g/mol. The van der Waals surface area contributed by atoms with E-state index in [0.29, 0.717) is 12.0 Å². The van der Waals surface area contributed by atoms with Gasteiger partial charge in [0.25, 0.3) is 0 Å². The van der Waals surface area contributed by atoms with Crippen LogP contribution in [0.25, 0.3) is 0 Å². The van der Waals surface area contributed by atoms with Crippen LogP contribution in [0.15, 0.2) is 48.5 Å². The van der Waals surface area contributed by atoms with Crippen LogP contribution in [0.1, 0.15) is 51.0 Å². The summed E-state index contributed by atoms with van der Waals surface area (Å²) in [6.45, 7) is 1.21. The van der Waals surface area contributed by atoms with Crippen LogP contribution in [0.4, 0.5) is 14.5 Å². The van der Waals surface area contributed by atoms with E-state index in [1.54, 1.807) is 6.92 Å². The Hall–Kier alpha value is -3.01. The van der Waals surface area contributed by atoms with Gasteiger partial charge in [-0.15, -0.1) is 0 Å². The maximum absolute atomic E-state index is 13.6. The number of halogens is 2. The first-order valence-corrected chi connectivity index (χ1v) is 14.0. The van der Waals surface area contributed by atoms with E-state index in [1.807, 2.05) is 0 Å². The highest BCUT2D eigenvalue weighted by Gasteiger charge is 2.32. The summed E-state index contributed by atoms with van der Waals surface area (Å²) in [5.41, 5.74) is 0.732. The Morgan fingerprint density at radius 1 is 0.972 bits per heavy atom. The molecule has 3 rings (SSSR count). The number of nitrogens with zero attached hydrogens (tertiary/aromatic N) is 2. The molecule has 36 heavy (non-hydrogen) atoms. The highest BCUT2D eigenvalue weighted by Crippen LogP contribution is 2.21. The van der Waals surface area contributed by atoms with Gasteiger partial charge in [-0.2, -0.15) is 0 Å². The molecule has 196 valence electrons. The molecule has 10 heteroatoms. The molecule has 0 bridgehead atoms. The quantitative estimate of drug-likeness (QED) is 0.512. The van der Waals surface area contributed by atoms with Gasteiger partial charge in [0.2, 0.25) is 21.8 Å². The number of nitrogens with one attached hydrogen (secondary N) is 1. The maximum Gasteiger partial charge on any atom is 0.244 e. The molecule has 1 N–H and O–H groups in total. The van der Waals surface area contributed by atoms with E-state index in [2.05, 4.69) is 5.32 Å². The van der Waals surface area contributed by atoms with Gasteiger partial charge in [-0.1, -0.05) is 38.3 Å². The lowest BCUT2D eigenvalue weighted by molar-refractivity contribution is -0.140. The van der Waals surface area contributed by atoms with Crippen molar-refractivity contribution < 1.29 is 26.8 Å². The van der Waals surface area contributed by atoms with Crippen molar-refractivity contribution in [3.63, 3.8) is 0 Å². The van der Waals surface area contributed by atoms with Crippen molar-refractivity contribution in [3.8, 4) is 0 Å². The van der Waals surface area contributed by atoms with Gasteiger partial charge in [0.15, 0.2) is 0 Å². The summed E-state index contributed by atoms with van der Waals surface area (Å²) >= 11 is 0. The lowest BCUT2D eigenvalue weighted by atomic mass is 9.95. The number of hydrogen-bond donors (Lipinski definition) is 1. The van der Waals surface area contributed by atoms with Crippen LogP contribution in [-0.2, 0) is 26.2 Å². The molecule has 7 nitrogen and oxygen atoms in total. The van der Waals surface area contributed by atoms with Crippen LogP contribution in [0.2, 0.25) is 0 Å². The number of hydrogen-bond acceptors (Lipinski definition) is 4. The fourth-order valence-corrected chi connectivity index (χ4v) is 5.32. The third kappa shape index (κ3) is 7.49. The Morgan fingerprint density at radius 2 is 1.53 bits per heavy atom. The molecule has 0 aliphatic heterocycles. The molecule has 0 saturated heterocycles. The second-order valence-electron chi connectivity index (χ2n) is 9.16. The Bertz CT molecular complexity index is 1130. The first-order chi connectivity index (χ1) is 17.1. The molecule has 1 atom stereocenters. The Kier molecular flexibility index (Phi) is 9.42. The lowest BCUT2D eigenvalue weighted by Crippen LogP contribution is -2.53. The molecule has 1 fully saturated rings. The molecule has 1 saturated carbocycles. The van der Waals surface area contributed by atoms with Gasteiger partial charge in [-0.25, -0.2) is 17.2 Å². The number of amides is 2. The van der Waals surface area contributed by atoms with Gasteiger partial charge in [-0.05, 0) is 61.2 Å². The van der Waals surface area contributed by atoms with Gasteiger partial charge in [0, 0.05) is 12.6 Å². The van der Waals surface area contributed by atoms with Crippen molar-refractivity contribution in [1.82, 2.24) is 10.2 Å². The predicted octanol–water partition coefficient (Wildman–Crippen LogP) is 3.99. The highest BCUT2D eigenvalue weighted by molar-refractivity contribution is 7.92. The first kappa shape index (κ1) is 27.6. The molecule has 0 aromatic heterocycles. The molecular formula is C26H33F2N3O4S. The zero-order valence-electron chi connectivity index (χ0n) is 20.6. The van der Waals surface area contributed by atoms with E-state index in [1.165, 1.54) is 41.3 Å². The van der Waals surface area contributed by atoms with E-state index >= 15 is 0 Å². The Morgan fingerprint density at radius 3 is 2.06 bits per heavy atom. The van der Waals surface area contributed by atoms with Gasteiger partial charge < -0.3 is 10.2 Å². The zero-order chi connectivity index (χ0) is 26.3. The van der Waals surface area contributed by atoms with E-state index < -0.39 is 40.2 Å². The number of benzene rings is 2. The van der Waals surface area contributed by atoms with Crippen molar-refractivity contribution in [2.24, 2.45) is 0 Å². The predicted molar refractivity (Wildman–Crippen MR) is 135 cm³/mol. The Balaban J connectivity index is 1.89. The van der Waals surface area contributed by atoms with Crippen LogP contribution >= 0.6 is 0 Å². The minimum atomic E-state index is -3.90. The molecule has 0 heterocycles. The van der Waals surface area contributed by atoms with Crippen LogP contribution in [0.3, 0.4) is 0 Å². The van der Waals surface area contributed by atoms with Crippen molar-refractivity contribution in [2.75, 3.05) is 17.1 Å². The van der Waals surface area contributed by atoms with Gasteiger partial charge in [0.05, 0.1) is 11.9 Å². The van der Waals surface area contributed by atoms with E-state index in [-0.39, 0.29) is 24.2 Å². The summed E-state index contributed by atoms with van der Waals surface area (Å²) < 4.78 is 52.9. The number of carbonyl (C=O) groups is 2. The highest BCUT2D eigenvalue weighted by atomic mass is 32.2. The number of rotatable bonds is 10. The summed E-state index contributed by atoms with van der Waals surface area (Å²) in [7, 11) is -3.90. The molecule has 2 aromatic carbocycles. The number of anilines is 1. The molecule has 2 amide bonds. The lowest BCUT2D eigenvalue weighted by Gasteiger charge is -2.34. The molecule has 0 radical (unpaired) electrons. The first-order valence-electron chi connectivity index (χ1n) is 12.2. The summed E-state index contributed by atoms with van der Waals surface area (Å²) in [5.74, 6) is -1.87. The topological polar surface area (TPSA) is 86.8 Å². The van der Waals surface area contributed by atoms with Gasteiger partial charge in [0.1, 0.15) is 24.2 Å². The average molecular weight is 522 g/mol. The molecule has 2 aromatic rings. The van der Waals surface area contributed by atoms with Crippen LogP contribution in [0, 0.1) is 11.6 Å². The normalized spacial score (nSPS) is 15.2. The smallest absolute Gasteiger partial charge is 0.244 e. The number of carbonyl (C=O) groups excluding carboxylic acids is 2. The summed E-state index contributed by atoms with van der Waals surface area (Å²) in [6, 6.07) is 9.55. The molecule has 0 spiro atoms. The van der Waals surface area contributed by atoms with Crippen LogP contribution < -0.4 is 9.62 Å². The van der Waals surface area contributed by atoms with Crippen molar-refractivity contribution in [1.29, 1.82) is 0 Å². The Labute approximate surface area is 211 Å².